The highest BCUT2D eigenvalue weighted by Gasteiger charge is 2.64. The number of phenolic OH excluding ortho intramolecular Hbond substituents is 1. The van der Waals surface area contributed by atoms with Gasteiger partial charge in [0.1, 0.15) is 22.8 Å². The summed E-state index contributed by atoms with van der Waals surface area (Å²) in [6, 6.07) is 2.00. The van der Waals surface area contributed by atoms with E-state index in [0.29, 0.717) is 5.56 Å². The summed E-state index contributed by atoms with van der Waals surface area (Å²) in [5.41, 5.74) is 0.601. The van der Waals surface area contributed by atoms with Gasteiger partial charge in [-0.3, -0.25) is 19.3 Å². The summed E-state index contributed by atoms with van der Waals surface area (Å²) in [5.74, 6) is -9.80. The largest absolute Gasteiger partial charge is 0.508 e. The van der Waals surface area contributed by atoms with Gasteiger partial charge < -0.3 is 26.2 Å². The van der Waals surface area contributed by atoms with Crippen molar-refractivity contribution in [2.75, 3.05) is 14.0 Å². The highest BCUT2D eigenvalue weighted by Crippen LogP contribution is 2.52. The molecule has 6 N–H and O–H groups in total. The molecular formula is C21H22N2O7. The van der Waals surface area contributed by atoms with Gasteiger partial charge in [0.05, 0.1) is 11.6 Å². The number of nitrogens with zero attached hydrogens (tertiary/aromatic N) is 1. The first kappa shape index (κ1) is 13.9. The zero-order valence-corrected chi connectivity index (χ0v) is 15.4. The molecule has 1 fully saturated rings. The van der Waals surface area contributed by atoms with Crippen LogP contribution in [0, 0.1) is 11.8 Å². The minimum atomic E-state index is -3.46. The Morgan fingerprint density at radius 3 is 2.60 bits per heavy atom. The van der Waals surface area contributed by atoms with Gasteiger partial charge in [0, 0.05) is 19.7 Å². The number of rotatable bonds is 2. The van der Waals surface area contributed by atoms with Crippen LogP contribution < -0.4 is 5.73 Å². The SMILES string of the molecule is [2H]C([2H])([2H])N([C@H]1C(=O)C(C(N)=O)=C(O)[C@@]2(O)C(=O)C3=C(O)c4c(O)cccc4C[C@H]3C[C@@H]12)C([2H])([2H])[2H]. The molecule has 9 nitrogen and oxygen atoms in total. The molecule has 0 aliphatic heterocycles. The molecule has 1 aromatic rings. The van der Waals surface area contributed by atoms with E-state index >= 15 is 0 Å². The predicted molar refractivity (Wildman–Crippen MR) is 104 cm³/mol. The average molecular weight is 420 g/mol. The van der Waals surface area contributed by atoms with E-state index in [1.165, 1.54) is 12.1 Å². The summed E-state index contributed by atoms with van der Waals surface area (Å²) in [6.45, 7) is -6.93. The van der Waals surface area contributed by atoms with Gasteiger partial charge in [-0.05, 0) is 44.3 Å². The smallest absolute Gasteiger partial charge is 0.255 e. The summed E-state index contributed by atoms with van der Waals surface area (Å²) < 4.78 is 46.5. The van der Waals surface area contributed by atoms with Crippen LogP contribution in [0.5, 0.6) is 5.75 Å². The van der Waals surface area contributed by atoms with Gasteiger partial charge in [-0.25, -0.2) is 0 Å². The maximum Gasteiger partial charge on any atom is 0.255 e. The van der Waals surface area contributed by atoms with Crippen LogP contribution in [0.4, 0.5) is 0 Å². The number of fused-ring (bicyclic) bond motifs is 3. The number of aliphatic hydroxyl groups is 3. The van der Waals surface area contributed by atoms with Gasteiger partial charge in [-0.15, -0.1) is 0 Å². The maximum atomic E-state index is 13.7. The molecule has 4 atom stereocenters. The maximum absolute atomic E-state index is 13.7. The molecule has 0 radical (unpaired) electrons. The van der Waals surface area contributed by atoms with Crippen LogP contribution in [-0.2, 0) is 20.8 Å². The third-order valence-electron chi connectivity index (χ3n) is 6.18. The van der Waals surface area contributed by atoms with E-state index in [4.69, 9.17) is 14.0 Å². The number of carbonyl (C=O) groups excluding carboxylic acids is 3. The lowest BCUT2D eigenvalue weighted by molar-refractivity contribution is -0.153. The molecule has 9 heteroatoms. The highest BCUT2D eigenvalue weighted by molar-refractivity contribution is 6.24. The molecule has 1 saturated carbocycles. The summed E-state index contributed by atoms with van der Waals surface area (Å²) in [6.07, 6.45) is -0.442. The number of aliphatic hydroxyl groups excluding tert-OH is 2. The van der Waals surface area contributed by atoms with Gasteiger partial charge in [-0.1, -0.05) is 12.1 Å². The quantitative estimate of drug-likeness (QED) is 0.417. The van der Waals surface area contributed by atoms with Crippen LogP contribution in [0.25, 0.3) is 5.76 Å². The van der Waals surface area contributed by atoms with Gasteiger partial charge in [0.15, 0.2) is 11.4 Å². The normalized spacial score (nSPS) is 34.7. The van der Waals surface area contributed by atoms with Crippen LogP contribution in [0.2, 0.25) is 0 Å². The molecule has 0 saturated heterocycles. The lowest BCUT2D eigenvalue weighted by Crippen LogP contribution is -2.65. The Morgan fingerprint density at radius 1 is 1.27 bits per heavy atom. The number of carbonyl (C=O) groups is 3. The predicted octanol–water partition coefficient (Wildman–Crippen LogP) is -0.0360. The minimum absolute atomic E-state index is 0.00293. The van der Waals surface area contributed by atoms with Crippen molar-refractivity contribution < 1.29 is 43.0 Å². The third-order valence-corrected chi connectivity index (χ3v) is 6.18. The van der Waals surface area contributed by atoms with Crippen molar-refractivity contribution in [2.24, 2.45) is 17.6 Å². The lowest BCUT2D eigenvalue weighted by Gasteiger charge is -2.50. The highest BCUT2D eigenvalue weighted by atomic mass is 16.3. The summed E-state index contributed by atoms with van der Waals surface area (Å²) in [4.78, 5) is 38.9. The van der Waals surface area contributed by atoms with Crippen molar-refractivity contribution in [1.82, 2.24) is 4.90 Å². The van der Waals surface area contributed by atoms with Crippen molar-refractivity contribution in [3.63, 3.8) is 0 Å². The first-order valence-corrected chi connectivity index (χ1v) is 9.02. The summed E-state index contributed by atoms with van der Waals surface area (Å²) >= 11 is 0. The van der Waals surface area contributed by atoms with E-state index in [9.17, 15) is 34.8 Å². The third kappa shape index (κ3) is 2.39. The zero-order valence-electron chi connectivity index (χ0n) is 21.4. The molecule has 1 amide bonds. The minimum Gasteiger partial charge on any atom is -0.508 e. The number of aromatic hydroxyl groups is 1. The fraction of sp³-hybridized carbons (Fsp3) is 0.381. The zero-order chi connectivity index (χ0) is 27.1. The molecular weight excluding hydrogens is 392 g/mol. The molecule has 0 spiro atoms. The summed E-state index contributed by atoms with van der Waals surface area (Å²) in [5, 5.41) is 43.5. The van der Waals surface area contributed by atoms with E-state index in [1.54, 1.807) is 6.07 Å². The number of hydrogen-bond acceptors (Lipinski definition) is 8. The van der Waals surface area contributed by atoms with Gasteiger partial charge in [0.25, 0.3) is 5.91 Å². The molecule has 0 heterocycles. The van der Waals surface area contributed by atoms with Crippen molar-refractivity contribution >= 4 is 23.2 Å². The second kappa shape index (κ2) is 6.41. The Labute approximate surface area is 180 Å². The molecule has 3 aliphatic rings. The molecule has 0 aromatic heterocycles. The average Bonchev–Trinajstić information content (AvgIpc) is 2.71. The van der Waals surface area contributed by atoms with E-state index in [-0.39, 0.29) is 22.6 Å². The molecule has 4 rings (SSSR count). The molecule has 158 valence electrons. The van der Waals surface area contributed by atoms with Gasteiger partial charge in [0.2, 0.25) is 5.78 Å². The first-order chi connectivity index (χ1) is 16.4. The summed E-state index contributed by atoms with van der Waals surface area (Å²) in [7, 11) is 0. The van der Waals surface area contributed by atoms with Crippen LogP contribution in [0.1, 0.15) is 25.8 Å². The van der Waals surface area contributed by atoms with E-state index in [0.717, 1.165) is 0 Å². The van der Waals surface area contributed by atoms with Crippen LogP contribution in [0.15, 0.2) is 35.1 Å². The topological polar surface area (TPSA) is 161 Å². The number of Topliss-reactive ketones (excluding diaryl/α,β-unsaturated/α-hetero) is 2. The number of amides is 1. The monoisotopic (exact) mass is 420 g/mol. The number of likely N-dealkylation sites (N-methyl/N-ethyl adjacent to an activating group) is 1. The fourth-order valence-electron chi connectivity index (χ4n) is 4.88. The molecule has 3 aliphatic carbocycles. The standard InChI is InChI=1S/C21H22N2O7/c1-23(2)15-10-7-9-6-8-4-3-5-11(24)12(8)16(25)13(9)18(27)21(10,30)19(28)14(17(15)26)20(22)29/h3-5,9-10,15,24-25,28,30H,6-7H2,1-2H3,(H2,22,29)/t9-,10-,15+,21-/m0/s1/i1D3,2D3. The van der Waals surface area contributed by atoms with E-state index < -0.39 is 84.0 Å². The Kier molecular flexibility index (Phi) is 2.98. The lowest BCUT2D eigenvalue weighted by atomic mass is 9.57. The number of nitrogens with two attached hydrogens (primary N) is 1. The van der Waals surface area contributed by atoms with Crippen LogP contribution >= 0.6 is 0 Å². The molecule has 30 heavy (non-hydrogen) atoms. The molecule has 0 bridgehead atoms. The number of benzene rings is 1. The van der Waals surface area contributed by atoms with Gasteiger partial charge >= 0.3 is 0 Å². The Balaban J connectivity index is 2.02. The Hall–Kier alpha value is -3.17. The van der Waals surface area contributed by atoms with Gasteiger partial charge in [-0.2, -0.15) is 0 Å². The van der Waals surface area contributed by atoms with Crippen molar-refractivity contribution in [2.45, 2.75) is 24.5 Å². The van der Waals surface area contributed by atoms with Crippen LogP contribution in [0.3, 0.4) is 0 Å². The molecule has 1 aromatic carbocycles. The van der Waals surface area contributed by atoms with Crippen LogP contribution in [-0.4, -0.2) is 68.4 Å². The number of hydrogen-bond donors (Lipinski definition) is 5. The van der Waals surface area contributed by atoms with Crippen molar-refractivity contribution in [3.8, 4) is 5.75 Å². The number of ketones is 2. The Morgan fingerprint density at radius 2 is 1.97 bits per heavy atom. The number of phenols is 1. The molecule has 0 unspecified atom stereocenters. The number of primary amides is 1. The fourth-order valence-corrected chi connectivity index (χ4v) is 4.88. The van der Waals surface area contributed by atoms with Crippen molar-refractivity contribution in [3.05, 3.63) is 46.2 Å². The van der Waals surface area contributed by atoms with Crippen molar-refractivity contribution in [1.29, 1.82) is 0 Å². The van der Waals surface area contributed by atoms with E-state index in [2.05, 4.69) is 0 Å². The first-order valence-electron chi connectivity index (χ1n) is 12.0. The van der Waals surface area contributed by atoms with E-state index in [1.807, 2.05) is 0 Å². The second-order valence-electron chi connectivity index (χ2n) is 7.68. The Bertz CT molecular complexity index is 1250. The second-order valence-corrected chi connectivity index (χ2v) is 7.68.